The van der Waals surface area contributed by atoms with E-state index in [1.54, 1.807) is 38.1 Å². The van der Waals surface area contributed by atoms with E-state index in [2.05, 4.69) is 10.3 Å². The Labute approximate surface area is 164 Å². The van der Waals surface area contributed by atoms with Gasteiger partial charge in [-0.05, 0) is 43.2 Å². The second kappa shape index (κ2) is 8.53. The summed E-state index contributed by atoms with van der Waals surface area (Å²) in [7, 11) is -6.36. The van der Waals surface area contributed by atoms with E-state index in [1.807, 2.05) is 0 Å². The van der Waals surface area contributed by atoms with Crippen LogP contribution in [0.15, 0.2) is 68.6 Å². The maximum absolute atomic E-state index is 12.3. The first-order valence-electron chi connectivity index (χ1n) is 8.01. The van der Waals surface area contributed by atoms with E-state index in [0.29, 0.717) is 17.0 Å². The molecule has 0 heterocycles. The Morgan fingerprint density at radius 2 is 1.32 bits per heavy atom. The van der Waals surface area contributed by atoms with Gasteiger partial charge in [0.2, 0.25) is 0 Å². The summed E-state index contributed by atoms with van der Waals surface area (Å²) in [6.45, 7) is 3.38. The Balaban J connectivity index is 2.23. The van der Waals surface area contributed by atoms with E-state index in [-0.39, 0.29) is 9.79 Å². The molecule has 0 aliphatic carbocycles. The second-order valence-electron chi connectivity index (χ2n) is 5.89. The summed E-state index contributed by atoms with van der Waals surface area (Å²) >= 11 is 0. The molecule has 8 nitrogen and oxygen atoms in total. The molecule has 0 aliphatic heterocycles. The summed E-state index contributed by atoms with van der Waals surface area (Å²) in [6, 6.07) is 12.0. The summed E-state index contributed by atoms with van der Waals surface area (Å²) in [5, 5.41) is 7.50. The fraction of sp³-hybridized carbons (Fsp3) is 0.222. The van der Waals surface area contributed by atoms with E-state index < -0.39 is 20.0 Å². The first-order chi connectivity index (χ1) is 13.0. The van der Waals surface area contributed by atoms with Gasteiger partial charge in [0.25, 0.3) is 0 Å². The number of rotatable bonds is 7. The molecule has 0 saturated carbocycles. The standard InChI is InChI=1S/C18H20N2O6S2/c1-13(19-25-3)15-8-10-16(11-9-15)14(2)20-26-28(23,24)18-7-5-6-17(12-18)27(4,21)22/h5-12H,1-4H3. The molecule has 28 heavy (non-hydrogen) atoms. The Morgan fingerprint density at radius 1 is 0.821 bits per heavy atom. The first kappa shape index (κ1) is 21.6. The lowest BCUT2D eigenvalue weighted by Crippen LogP contribution is -2.07. The molecule has 0 unspecified atom stereocenters. The zero-order valence-corrected chi connectivity index (χ0v) is 17.4. The summed E-state index contributed by atoms with van der Waals surface area (Å²) in [5.74, 6) is 0. The Hall–Kier alpha value is -2.72. The molecule has 0 aliphatic rings. The van der Waals surface area contributed by atoms with Crippen LogP contribution >= 0.6 is 0 Å². The SMILES string of the molecule is CON=C(C)c1ccc(C(C)=NOS(=O)(=O)c2cccc(S(C)(=O)=O)c2)cc1. The van der Waals surface area contributed by atoms with Crippen molar-refractivity contribution < 1.29 is 26.0 Å². The minimum absolute atomic E-state index is 0.124. The van der Waals surface area contributed by atoms with Gasteiger partial charge in [-0.3, -0.25) is 4.28 Å². The maximum atomic E-state index is 12.3. The van der Waals surface area contributed by atoms with Gasteiger partial charge in [-0.1, -0.05) is 40.6 Å². The molecule has 0 bridgehead atoms. The molecule has 0 atom stereocenters. The molecule has 0 radical (unpaired) electrons. The molecule has 2 rings (SSSR count). The normalized spacial score (nSPS) is 13.3. The average Bonchev–Trinajstić information content (AvgIpc) is 2.66. The topological polar surface area (TPSA) is 111 Å². The van der Waals surface area contributed by atoms with Crippen LogP contribution in [0.2, 0.25) is 0 Å². The van der Waals surface area contributed by atoms with E-state index in [4.69, 9.17) is 9.12 Å². The third-order valence-corrected chi connectivity index (χ3v) is 5.96. The van der Waals surface area contributed by atoms with Gasteiger partial charge in [0.05, 0.1) is 16.3 Å². The Bertz CT molecular complexity index is 1120. The fourth-order valence-corrected chi connectivity index (χ4v) is 3.76. The van der Waals surface area contributed by atoms with Crippen molar-refractivity contribution >= 4 is 31.4 Å². The van der Waals surface area contributed by atoms with Crippen LogP contribution in [0.25, 0.3) is 0 Å². The number of oxime groups is 2. The number of hydrogen-bond acceptors (Lipinski definition) is 8. The molecular weight excluding hydrogens is 404 g/mol. The van der Waals surface area contributed by atoms with E-state index in [1.165, 1.54) is 25.3 Å². The zero-order valence-electron chi connectivity index (χ0n) is 15.8. The van der Waals surface area contributed by atoms with Crippen LogP contribution in [0, 0.1) is 0 Å². The molecule has 2 aromatic carbocycles. The molecule has 10 heteroatoms. The van der Waals surface area contributed by atoms with Crippen molar-refractivity contribution in [2.75, 3.05) is 13.4 Å². The van der Waals surface area contributed by atoms with Crippen molar-refractivity contribution in [1.82, 2.24) is 0 Å². The van der Waals surface area contributed by atoms with Crippen molar-refractivity contribution in [1.29, 1.82) is 0 Å². The predicted molar refractivity (Wildman–Crippen MR) is 106 cm³/mol. The molecule has 0 saturated heterocycles. The highest BCUT2D eigenvalue weighted by molar-refractivity contribution is 7.90. The summed E-state index contributed by atoms with van der Waals surface area (Å²) in [5.41, 5.74) is 2.50. The maximum Gasteiger partial charge on any atom is 0.358 e. The monoisotopic (exact) mass is 424 g/mol. The van der Waals surface area contributed by atoms with Gasteiger partial charge in [0.15, 0.2) is 9.84 Å². The molecule has 150 valence electrons. The van der Waals surface area contributed by atoms with Crippen LogP contribution in [0.3, 0.4) is 0 Å². The van der Waals surface area contributed by atoms with Crippen molar-refractivity contribution in [3.8, 4) is 0 Å². The van der Waals surface area contributed by atoms with Gasteiger partial charge in [0, 0.05) is 6.26 Å². The fourth-order valence-electron chi connectivity index (χ4n) is 2.20. The van der Waals surface area contributed by atoms with Crippen molar-refractivity contribution in [3.63, 3.8) is 0 Å². The highest BCUT2D eigenvalue weighted by Gasteiger charge is 2.19. The number of nitrogens with zero attached hydrogens (tertiary/aromatic N) is 2. The number of hydrogen-bond donors (Lipinski definition) is 0. The molecule has 2 aromatic rings. The highest BCUT2D eigenvalue weighted by atomic mass is 32.2. The molecule has 0 spiro atoms. The number of sulfone groups is 1. The van der Waals surface area contributed by atoms with E-state index in [9.17, 15) is 16.8 Å². The lowest BCUT2D eigenvalue weighted by Gasteiger charge is -2.06. The van der Waals surface area contributed by atoms with E-state index >= 15 is 0 Å². The average molecular weight is 425 g/mol. The van der Waals surface area contributed by atoms with Crippen molar-refractivity contribution in [2.24, 2.45) is 10.3 Å². The molecule has 0 N–H and O–H groups in total. The minimum atomic E-state index is -4.26. The van der Waals surface area contributed by atoms with Gasteiger partial charge in [0.1, 0.15) is 12.0 Å². The lowest BCUT2D eigenvalue weighted by atomic mass is 10.1. The first-order valence-corrected chi connectivity index (χ1v) is 11.3. The van der Waals surface area contributed by atoms with Crippen LogP contribution < -0.4 is 0 Å². The predicted octanol–water partition coefficient (Wildman–Crippen LogP) is 2.59. The zero-order chi connectivity index (χ0) is 20.9. The van der Waals surface area contributed by atoms with E-state index in [0.717, 1.165) is 17.9 Å². The van der Waals surface area contributed by atoms with Gasteiger partial charge >= 0.3 is 10.1 Å². The second-order valence-corrected chi connectivity index (χ2v) is 9.43. The van der Waals surface area contributed by atoms with Crippen molar-refractivity contribution in [2.45, 2.75) is 23.6 Å². The van der Waals surface area contributed by atoms with Gasteiger partial charge in [-0.25, -0.2) is 8.42 Å². The molecule has 0 fully saturated rings. The quantitative estimate of drug-likeness (QED) is 0.499. The largest absolute Gasteiger partial charge is 0.399 e. The highest BCUT2D eigenvalue weighted by Crippen LogP contribution is 2.18. The summed E-state index contributed by atoms with van der Waals surface area (Å²) in [4.78, 5) is 4.30. The molecule has 0 aromatic heterocycles. The van der Waals surface area contributed by atoms with Crippen LogP contribution in [0.1, 0.15) is 25.0 Å². The number of benzene rings is 2. The van der Waals surface area contributed by atoms with Crippen molar-refractivity contribution in [3.05, 3.63) is 59.7 Å². The minimum Gasteiger partial charge on any atom is -0.399 e. The third-order valence-electron chi connectivity index (χ3n) is 3.74. The van der Waals surface area contributed by atoms with Gasteiger partial charge < -0.3 is 4.84 Å². The van der Waals surface area contributed by atoms with Gasteiger partial charge in [-0.2, -0.15) is 8.42 Å². The third kappa shape index (κ3) is 5.40. The molecular formula is C18H20N2O6S2. The smallest absolute Gasteiger partial charge is 0.358 e. The van der Waals surface area contributed by atoms with Crippen LogP contribution in [-0.4, -0.2) is 41.6 Å². The summed E-state index contributed by atoms with van der Waals surface area (Å²) in [6.07, 6.45) is 0.991. The van der Waals surface area contributed by atoms with Crippen LogP contribution in [0.4, 0.5) is 0 Å². The van der Waals surface area contributed by atoms with Gasteiger partial charge in [-0.15, -0.1) is 0 Å². The Morgan fingerprint density at radius 3 is 1.82 bits per heavy atom. The Kier molecular flexibility index (Phi) is 6.57. The van der Waals surface area contributed by atoms with Crippen LogP contribution in [0.5, 0.6) is 0 Å². The van der Waals surface area contributed by atoms with Crippen LogP contribution in [-0.2, 0) is 29.1 Å². The summed E-state index contributed by atoms with van der Waals surface area (Å²) < 4.78 is 52.6. The molecule has 0 amide bonds. The lowest BCUT2D eigenvalue weighted by molar-refractivity contribution is 0.213.